The van der Waals surface area contributed by atoms with Gasteiger partial charge in [-0.25, -0.2) is 0 Å². The van der Waals surface area contributed by atoms with Gasteiger partial charge in [-0.15, -0.1) is 0 Å². The first-order valence-electron chi connectivity index (χ1n) is 6.19. The highest BCUT2D eigenvalue weighted by Crippen LogP contribution is 2.17. The van der Waals surface area contributed by atoms with Crippen molar-refractivity contribution < 1.29 is 14.8 Å². The van der Waals surface area contributed by atoms with Crippen LogP contribution in [0, 0.1) is 16.0 Å². The molecule has 0 aliphatic heterocycles. The molecule has 0 saturated heterocycles. The van der Waals surface area contributed by atoms with Crippen LogP contribution >= 0.6 is 0 Å². The lowest BCUT2D eigenvalue weighted by atomic mass is 10.0. The lowest BCUT2D eigenvalue weighted by Gasteiger charge is -2.11. The number of carbonyl (C=O) groups is 1. The molecule has 6 heteroatoms. The fourth-order valence-electron chi connectivity index (χ4n) is 1.71. The summed E-state index contributed by atoms with van der Waals surface area (Å²) >= 11 is 0. The molecule has 0 spiro atoms. The van der Waals surface area contributed by atoms with E-state index < -0.39 is 10.9 Å². The number of carboxylic acid groups (broad SMARTS) is 1. The first-order valence-corrected chi connectivity index (χ1v) is 6.19. The number of nitro groups is 1. The number of nitrogens with one attached hydrogen (secondary N) is 1. The zero-order valence-electron chi connectivity index (χ0n) is 10.8. The van der Waals surface area contributed by atoms with Crippen LogP contribution in [-0.2, 0) is 4.79 Å². The fourth-order valence-corrected chi connectivity index (χ4v) is 1.71. The summed E-state index contributed by atoms with van der Waals surface area (Å²) in [6.45, 7) is 2.67. The number of nitro benzene ring substituents is 1. The second-order valence-electron chi connectivity index (χ2n) is 4.56. The van der Waals surface area contributed by atoms with E-state index in [1.54, 1.807) is 12.1 Å². The second-order valence-corrected chi connectivity index (χ2v) is 4.56. The summed E-state index contributed by atoms with van der Waals surface area (Å²) in [5.74, 6) is -0.471. The molecule has 19 heavy (non-hydrogen) atoms. The number of carboxylic acids is 1. The molecule has 0 heterocycles. The van der Waals surface area contributed by atoms with E-state index in [0.717, 1.165) is 6.42 Å². The molecular formula is C13H18N2O4. The summed E-state index contributed by atoms with van der Waals surface area (Å²) in [5, 5.41) is 22.3. The average molecular weight is 266 g/mol. The maximum Gasteiger partial charge on any atom is 0.303 e. The quantitative estimate of drug-likeness (QED) is 0.557. The number of benzene rings is 1. The van der Waals surface area contributed by atoms with E-state index in [1.807, 2.05) is 6.92 Å². The maximum absolute atomic E-state index is 10.6. The van der Waals surface area contributed by atoms with E-state index in [1.165, 1.54) is 12.1 Å². The standard InChI is InChI=1S/C13H18N2O4/c1-10(5-6-13(16)17)7-8-14-11-3-2-4-12(9-11)15(18)19/h2-4,9-10,14H,5-8H2,1H3,(H,16,17). The highest BCUT2D eigenvalue weighted by atomic mass is 16.6. The highest BCUT2D eigenvalue weighted by molar-refractivity contribution is 5.66. The lowest BCUT2D eigenvalue weighted by molar-refractivity contribution is -0.384. The molecule has 0 bridgehead atoms. The Bertz CT molecular complexity index is 448. The Hall–Kier alpha value is -2.11. The molecule has 0 saturated carbocycles. The van der Waals surface area contributed by atoms with Gasteiger partial charge in [-0.05, 0) is 24.8 Å². The minimum atomic E-state index is -0.779. The second kappa shape index (κ2) is 7.35. The van der Waals surface area contributed by atoms with Gasteiger partial charge in [-0.2, -0.15) is 0 Å². The fraction of sp³-hybridized carbons (Fsp3) is 0.462. The monoisotopic (exact) mass is 266 g/mol. The summed E-state index contributed by atoms with van der Waals surface area (Å²) in [5.41, 5.74) is 0.767. The molecule has 1 aromatic rings. The molecule has 0 amide bonds. The lowest BCUT2D eigenvalue weighted by Crippen LogP contribution is -2.08. The Morgan fingerprint density at radius 2 is 2.21 bits per heavy atom. The van der Waals surface area contributed by atoms with E-state index in [0.29, 0.717) is 24.6 Å². The van der Waals surface area contributed by atoms with E-state index in [4.69, 9.17) is 5.11 Å². The zero-order chi connectivity index (χ0) is 14.3. The molecule has 2 N–H and O–H groups in total. The van der Waals surface area contributed by atoms with Gasteiger partial charge < -0.3 is 10.4 Å². The van der Waals surface area contributed by atoms with Crippen molar-refractivity contribution in [3.05, 3.63) is 34.4 Å². The third-order valence-electron chi connectivity index (χ3n) is 2.87. The first kappa shape index (κ1) is 14.9. The van der Waals surface area contributed by atoms with Crippen LogP contribution in [0.3, 0.4) is 0 Å². The molecule has 0 aliphatic rings. The largest absolute Gasteiger partial charge is 0.481 e. The Kier molecular flexibility index (Phi) is 5.78. The number of nitrogens with zero attached hydrogens (tertiary/aromatic N) is 1. The van der Waals surface area contributed by atoms with Crippen LogP contribution in [0.15, 0.2) is 24.3 Å². The van der Waals surface area contributed by atoms with Crippen molar-refractivity contribution in [1.29, 1.82) is 0 Å². The Morgan fingerprint density at radius 1 is 1.47 bits per heavy atom. The van der Waals surface area contributed by atoms with Crippen molar-refractivity contribution in [2.75, 3.05) is 11.9 Å². The third kappa shape index (κ3) is 5.85. The van der Waals surface area contributed by atoms with Gasteiger partial charge in [-0.3, -0.25) is 14.9 Å². The molecule has 0 aromatic heterocycles. The normalized spacial score (nSPS) is 11.8. The van der Waals surface area contributed by atoms with Gasteiger partial charge in [0.05, 0.1) is 4.92 Å². The molecule has 6 nitrogen and oxygen atoms in total. The van der Waals surface area contributed by atoms with Crippen molar-refractivity contribution in [1.82, 2.24) is 0 Å². The van der Waals surface area contributed by atoms with Gasteiger partial charge in [0.15, 0.2) is 0 Å². The van der Waals surface area contributed by atoms with Gasteiger partial charge in [-0.1, -0.05) is 13.0 Å². The molecule has 0 aliphatic carbocycles. The summed E-state index contributed by atoms with van der Waals surface area (Å²) < 4.78 is 0. The number of hydrogen-bond acceptors (Lipinski definition) is 4. The molecule has 0 radical (unpaired) electrons. The van der Waals surface area contributed by atoms with Crippen molar-refractivity contribution in [3.8, 4) is 0 Å². The smallest absolute Gasteiger partial charge is 0.303 e. The SMILES string of the molecule is CC(CCNc1cccc([N+](=O)[O-])c1)CCC(=O)O. The molecule has 104 valence electrons. The molecule has 0 fully saturated rings. The minimum Gasteiger partial charge on any atom is -0.481 e. The zero-order valence-corrected chi connectivity index (χ0v) is 10.8. The molecule has 1 aromatic carbocycles. The van der Waals surface area contributed by atoms with Crippen LogP contribution in [0.2, 0.25) is 0 Å². The minimum absolute atomic E-state index is 0.0592. The summed E-state index contributed by atoms with van der Waals surface area (Å²) in [6.07, 6.45) is 1.65. The van der Waals surface area contributed by atoms with E-state index in [2.05, 4.69) is 5.32 Å². The Labute approximate surface area is 111 Å². The van der Waals surface area contributed by atoms with Crippen LogP contribution < -0.4 is 5.32 Å². The predicted molar refractivity (Wildman–Crippen MR) is 72.2 cm³/mol. The number of rotatable bonds is 8. The van der Waals surface area contributed by atoms with Crippen LogP contribution in [0.4, 0.5) is 11.4 Å². The predicted octanol–water partition coefficient (Wildman–Crippen LogP) is 2.90. The van der Waals surface area contributed by atoms with Crippen LogP contribution in [-0.4, -0.2) is 22.5 Å². The van der Waals surface area contributed by atoms with Gasteiger partial charge >= 0.3 is 5.97 Å². The van der Waals surface area contributed by atoms with Crippen LogP contribution in [0.5, 0.6) is 0 Å². The van der Waals surface area contributed by atoms with E-state index in [9.17, 15) is 14.9 Å². The number of aliphatic carboxylic acids is 1. The van der Waals surface area contributed by atoms with Crippen molar-refractivity contribution in [2.45, 2.75) is 26.2 Å². The van der Waals surface area contributed by atoms with Gasteiger partial charge in [0.2, 0.25) is 0 Å². The Morgan fingerprint density at radius 3 is 2.84 bits per heavy atom. The van der Waals surface area contributed by atoms with E-state index >= 15 is 0 Å². The summed E-state index contributed by atoms with van der Waals surface area (Å²) in [6, 6.07) is 6.34. The van der Waals surface area contributed by atoms with Crippen molar-refractivity contribution in [3.63, 3.8) is 0 Å². The van der Waals surface area contributed by atoms with Crippen LogP contribution in [0.25, 0.3) is 0 Å². The van der Waals surface area contributed by atoms with Gasteiger partial charge in [0.25, 0.3) is 5.69 Å². The Balaban J connectivity index is 2.34. The third-order valence-corrected chi connectivity index (χ3v) is 2.87. The highest BCUT2D eigenvalue weighted by Gasteiger charge is 2.07. The summed E-state index contributed by atoms with van der Waals surface area (Å²) in [4.78, 5) is 20.6. The van der Waals surface area contributed by atoms with Gasteiger partial charge in [0, 0.05) is 30.8 Å². The van der Waals surface area contributed by atoms with E-state index in [-0.39, 0.29) is 12.1 Å². The first-order chi connectivity index (χ1) is 8.99. The molecular weight excluding hydrogens is 248 g/mol. The number of anilines is 1. The molecule has 1 unspecified atom stereocenters. The summed E-state index contributed by atoms with van der Waals surface area (Å²) in [7, 11) is 0. The number of hydrogen-bond donors (Lipinski definition) is 2. The number of non-ortho nitro benzene ring substituents is 1. The molecule has 1 rings (SSSR count). The molecule has 1 atom stereocenters. The van der Waals surface area contributed by atoms with Crippen molar-refractivity contribution >= 4 is 17.3 Å². The van der Waals surface area contributed by atoms with Crippen LogP contribution in [0.1, 0.15) is 26.2 Å². The van der Waals surface area contributed by atoms with Crippen molar-refractivity contribution in [2.24, 2.45) is 5.92 Å². The topological polar surface area (TPSA) is 92.5 Å². The maximum atomic E-state index is 10.6. The average Bonchev–Trinajstić information content (AvgIpc) is 2.36. The van der Waals surface area contributed by atoms with Gasteiger partial charge in [0.1, 0.15) is 0 Å².